The summed E-state index contributed by atoms with van der Waals surface area (Å²) in [6.07, 6.45) is 0. The third kappa shape index (κ3) is 3.33. The van der Waals surface area contributed by atoms with Crippen molar-refractivity contribution in [3.8, 4) is 0 Å². The highest BCUT2D eigenvalue weighted by atomic mass is 32.2. The summed E-state index contributed by atoms with van der Waals surface area (Å²) in [6, 6.07) is 11.4. The van der Waals surface area contributed by atoms with E-state index in [0.29, 0.717) is 5.69 Å². The first-order valence-electron chi connectivity index (χ1n) is 6.64. The maximum atomic E-state index is 13.7. The molecule has 116 valence electrons. The van der Waals surface area contributed by atoms with Gasteiger partial charge in [-0.15, -0.1) is 0 Å². The number of hydrogen-bond donors (Lipinski definition) is 0. The first-order valence-corrected chi connectivity index (χ1v) is 8.13. The predicted octanol–water partition coefficient (Wildman–Crippen LogP) is 3.27. The van der Waals surface area contributed by atoms with E-state index >= 15 is 0 Å². The molecule has 22 heavy (non-hydrogen) atoms. The van der Waals surface area contributed by atoms with Crippen LogP contribution in [-0.2, 0) is 9.84 Å². The molecule has 0 saturated heterocycles. The zero-order chi connectivity index (χ0) is 16.3. The molecule has 0 N–H and O–H groups in total. The molecule has 0 fully saturated rings. The van der Waals surface area contributed by atoms with Crippen molar-refractivity contribution >= 4 is 21.4 Å². The van der Waals surface area contributed by atoms with Gasteiger partial charge in [-0.3, -0.25) is 0 Å². The van der Waals surface area contributed by atoms with Crippen LogP contribution in [0.15, 0.2) is 63.3 Å². The Morgan fingerprint density at radius 3 is 2.18 bits per heavy atom. The molecule has 0 aliphatic carbocycles. The Morgan fingerprint density at radius 2 is 1.64 bits per heavy atom. The number of rotatable bonds is 3. The molecular formula is C16H17FN2O2S. The van der Waals surface area contributed by atoms with Crippen LogP contribution in [0.3, 0.4) is 0 Å². The zero-order valence-corrected chi connectivity index (χ0v) is 13.4. The highest BCUT2D eigenvalue weighted by molar-refractivity contribution is 7.91. The number of aliphatic imine (C=N–C) groups is 1. The summed E-state index contributed by atoms with van der Waals surface area (Å²) in [5.41, 5.74) is 0.638. The van der Waals surface area contributed by atoms with Crippen LogP contribution in [0.4, 0.5) is 10.1 Å². The molecule has 0 saturated carbocycles. The number of amidine groups is 1. The van der Waals surface area contributed by atoms with Gasteiger partial charge in [0.05, 0.1) is 10.6 Å². The van der Waals surface area contributed by atoms with Crippen molar-refractivity contribution < 1.29 is 12.8 Å². The highest BCUT2D eigenvalue weighted by Crippen LogP contribution is 2.25. The van der Waals surface area contributed by atoms with Gasteiger partial charge in [-0.2, -0.15) is 0 Å². The molecule has 2 rings (SSSR count). The van der Waals surface area contributed by atoms with E-state index in [2.05, 4.69) is 4.99 Å². The van der Waals surface area contributed by atoms with Crippen LogP contribution in [0.1, 0.15) is 6.92 Å². The van der Waals surface area contributed by atoms with E-state index < -0.39 is 15.7 Å². The van der Waals surface area contributed by atoms with Crippen molar-refractivity contribution in [1.29, 1.82) is 0 Å². The van der Waals surface area contributed by atoms with Gasteiger partial charge in [-0.1, -0.05) is 12.1 Å². The topological polar surface area (TPSA) is 49.7 Å². The van der Waals surface area contributed by atoms with Crippen molar-refractivity contribution in [2.75, 3.05) is 14.1 Å². The number of halogens is 1. The average molecular weight is 320 g/mol. The molecule has 6 heteroatoms. The fourth-order valence-corrected chi connectivity index (χ4v) is 3.11. The van der Waals surface area contributed by atoms with Crippen LogP contribution in [0.2, 0.25) is 0 Å². The minimum Gasteiger partial charge on any atom is -0.366 e. The van der Waals surface area contributed by atoms with Gasteiger partial charge in [0.15, 0.2) is 0 Å². The molecule has 2 aromatic rings. The Morgan fingerprint density at radius 1 is 1.05 bits per heavy atom. The average Bonchev–Trinajstić information content (AvgIpc) is 2.48. The van der Waals surface area contributed by atoms with Crippen LogP contribution in [0.5, 0.6) is 0 Å². The summed E-state index contributed by atoms with van der Waals surface area (Å²) in [5.74, 6) is 0.0396. The molecule has 0 unspecified atom stereocenters. The van der Waals surface area contributed by atoms with Crippen molar-refractivity contribution in [3.05, 3.63) is 54.3 Å². The summed E-state index contributed by atoms with van der Waals surface area (Å²) in [5, 5.41) is 0. The van der Waals surface area contributed by atoms with Crippen molar-refractivity contribution in [2.45, 2.75) is 16.7 Å². The summed E-state index contributed by atoms with van der Waals surface area (Å²) < 4.78 is 38.5. The molecule has 0 atom stereocenters. The molecule has 0 amide bonds. The molecular weight excluding hydrogens is 303 g/mol. The lowest BCUT2D eigenvalue weighted by Gasteiger charge is -2.11. The Labute approximate surface area is 129 Å². The van der Waals surface area contributed by atoms with E-state index in [1.165, 1.54) is 30.3 Å². The monoisotopic (exact) mass is 320 g/mol. The maximum absolute atomic E-state index is 13.7. The summed E-state index contributed by atoms with van der Waals surface area (Å²) in [4.78, 5) is 5.91. The smallest absolute Gasteiger partial charge is 0.209 e. The van der Waals surface area contributed by atoms with E-state index in [9.17, 15) is 12.8 Å². The largest absolute Gasteiger partial charge is 0.366 e. The minimum atomic E-state index is -3.87. The zero-order valence-electron chi connectivity index (χ0n) is 12.6. The van der Waals surface area contributed by atoms with Gasteiger partial charge >= 0.3 is 0 Å². The highest BCUT2D eigenvalue weighted by Gasteiger charge is 2.21. The molecule has 0 aliphatic rings. The lowest BCUT2D eigenvalue weighted by molar-refractivity contribution is 0.567. The fraction of sp³-hybridized carbons (Fsp3) is 0.188. The molecule has 0 heterocycles. The molecule has 0 bridgehead atoms. The second kappa shape index (κ2) is 6.27. The van der Waals surface area contributed by atoms with E-state index in [1.54, 1.807) is 12.1 Å². The fourth-order valence-electron chi connectivity index (χ4n) is 1.78. The SMILES string of the molecule is C/C(=N\c1ccc(S(=O)(=O)c2ccccc2F)cc1)N(C)C. The van der Waals surface area contributed by atoms with Gasteiger partial charge in [-0.05, 0) is 43.3 Å². The third-order valence-corrected chi connectivity index (χ3v) is 5.01. The third-order valence-electron chi connectivity index (χ3n) is 3.21. The van der Waals surface area contributed by atoms with Crippen molar-refractivity contribution in [2.24, 2.45) is 4.99 Å². The first-order chi connectivity index (χ1) is 10.3. The molecule has 2 aromatic carbocycles. The van der Waals surface area contributed by atoms with Gasteiger partial charge in [0.1, 0.15) is 16.5 Å². The van der Waals surface area contributed by atoms with E-state index in [4.69, 9.17) is 0 Å². The minimum absolute atomic E-state index is 0.0408. The van der Waals surface area contributed by atoms with Crippen molar-refractivity contribution in [3.63, 3.8) is 0 Å². The van der Waals surface area contributed by atoms with Crippen LogP contribution >= 0.6 is 0 Å². The second-order valence-corrected chi connectivity index (χ2v) is 6.90. The van der Waals surface area contributed by atoms with Crippen molar-refractivity contribution in [1.82, 2.24) is 4.90 Å². The van der Waals surface area contributed by atoms with Gasteiger partial charge in [-0.25, -0.2) is 17.8 Å². The Balaban J connectivity index is 2.39. The van der Waals surface area contributed by atoms with Crippen LogP contribution in [0.25, 0.3) is 0 Å². The normalized spacial score (nSPS) is 12.3. The number of nitrogens with zero attached hydrogens (tertiary/aromatic N) is 2. The Bertz CT molecular complexity index is 797. The van der Waals surface area contributed by atoms with Gasteiger partial charge in [0.2, 0.25) is 9.84 Å². The van der Waals surface area contributed by atoms with E-state index in [0.717, 1.165) is 11.9 Å². The standard InChI is InChI=1S/C16H17FN2O2S/c1-12(19(2)3)18-13-8-10-14(11-9-13)22(20,21)16-7-5-4-6-15(16)17/h4-11H,1-3H3/b18-12+. The molecule has 0 radical (unpaired) electrons. The Hall–Kier alpha value is -2.21. The number of sulfone groups is 1. The van der Waals surface area contributed by atoms with Crippen LogP contribution < -0.4 is 0 Å². The predicted molar refractivity (Wildman–Crippen MR) is 84.7 cm³/mol. The molecule has 0 aromatic heterocycles. The maximum Gasteiger partial charge on any atom is 0.209 e. The van der Waals surface area contributed by atoms with E-state index in [-0.39, 0.29) is 9.79 Å². The van der Waals surface area contributed by atoms with Crippen LogP contribution in [0, 0.1) is 5.82 Å². The first kappa shape index (κ1) is 16.2. The molecule has 4 nitrogen and oxygen atoms in total. The summed E-state index contributed by atoms with van der Waals surface area (Å²) >= 11 is 0. The summed E-state index contributed by atoms with van der Waals surface area (Å²) in [7, 11) is -0.123. The summed E-state index contributed by atoms with van der Waals surface area (Å²) in [6.45, 7) is 1.85. The molecule has 0 spiro atoms. The lowest BCUT2D eigenvalue weighted by Crippen LogP contribution is -2.17. The van der Waals surface area contributed by atoms with Gasteiger partial charge in [0.25, 0.3) is 0 Å². The van der Waals surface area contributed by atoms with Gasteiger partial charge in [0, 0.05) is 14.1 Å². The Kier molecular flexibility index (Phi) is 4.61. The second-order valence-electron chi connectivity index (χ2n) is 4.98. The van der Waals surface area contributed by atoms with E-state index in [1.807, 2.05) is 25.9 Å². The quantitative estimate of drug-likeness (QED) is 0.644. The molecule has 0 aliphatic heterocycles. The lowest BCUT2D eigenvalue weighted by atomic mass is 10.3. The van der Waals surface area contributed by atoms with Gasteiger partial charge < -0.3 is 4.90 Å². The number of hydrogen-bond acceptors (Lipinski definition) is 3. The number of benzene rings is 2. The van der Waals surface area contributed by atoms with Crippen LogP contribution in [-0.4, -0.2) is 33.2 Å².